The van der Waals surface area contributed by atoms with Crippen LogP contribution in [-0.4, -0.2) is 41.1 Å². The van der Waals surface area contributed by atoms with Gasteiger partial charge in [0.25, 0.3) is 11.8 Å². The van der Waals surface area contributed by atoms with Crippen molar-refractivity contribution in [2.45, 2.75) is 13.5 Å². The number of amides is 3. The van der Waals surface area contributed by atoms with Crippen LogP contribution in [0.4, 0.5) is 0 Å². The van der Waals surface area contributed by atoms with Gasteiger partial charge < -0.3 is 4.90 Å². The molecule has 0 atom stereocenters. The van der Waals surface area contributed by atoms with Crippen molar-refractivity contribution in [1.29, 1.82) is 0 Å². The smallest absolute Gasteiger partial charge is 0.262 e. The van der Waals surface area contributed by atoms with E-state index in [0.717, 1.165) is 16.0 Å². The van der Waals surface area contributed by atoms with Crippen LogP contribution in [-0.2, 0) is 11.3 Å². The van der Waals surface area contributed by atoms with Crippen LogP contribution in [0, 0.1) is 6.92 Å². The van der Waals surface area contributed by atoms with Gasteiger partial charge in [0.1, 0.15) is 6.54 Å². The highest BCUT2D eigenvalue weighted by Gasteiger charge is 2.37. The zero-order chi connectivity index (χ0) is 19.0. The number of fused-ring (bicyclic) bond motifs is 1. The van der Waals surface area contributed by atoms with E-state index in [1.54, 1.807) is 7.05 Å². The van der Waals surface area contributed by atoms with Crippen LogP contribution in [0.25, 0.3) is 0 Å². The molecule has 26 heavy (non-hydrogen) atoms. The minimum Gasteiger partial charge on any atom is -0.340 e. The van der Waals surface area contributed by atoms with Gasteiger partial charge in [0, 0.05) is 13.6 Å². The first-order valence-electron chi connectivity index (χ1n) is 7.92. The van der Waals surface area contributed by atoms with E-state index in [-0.39, 0.29) is 33.6 Å². The second kappa shape index (κ2) is 7.09. The number of halogens is 2. The molecule has 0 spiro atoms. The maximum Gasteiger partial charge on any atom is 0.262 e. The number of carbonyl (C=O) groups excluding carboxylic acids is 3. The normalized spacial score (nSPS) is 13.2. The summed E-state index contributed by atoms with van der Waals surface area (Å²) in [6.45, 7) is 2.04. The number of carbonyl (C=O) groups is 3. The average Bonchev–Trinajstić information content (AvgIpc) is 2.82. The van der Waals surface area contributed by atoms with Crippen molar-refractivity contribution in [3.8, 4) is 0 Å². The van der Waals surface area contributed by atoms with Gasteiger partial charge in [-0.1, -0.05) is 53.0 Å². The van der Waals surface area contributed by atoms with Crippen molar-refractivity contribution in [2.24, 2.45) is 0 Å². The lowest BCUT2D eigenvalue weighted by Crippen LogP contribution is -2.40. The molecule has 0 saturated heterocycles. The van der Waals surface area contributed by atoms with E-state index in [1.807, 2.05) is 31.2 Å². The Morgan fingerprint density at radius 2 is 1.50 bits per heavy atom. The highest BCUT2D eigenvalue weighted by Crippen LogP contribution is 2.31. The molecule has 2 aromatic carbocycles. The Morgan fingerprint density at radius 3 is 2.00 bits per heavy atom. The van der Waals surface area contributed by atoms with Gasteiger partial charge in [-0.25, -0.2) is 0 Å². The van der Waals surface area contributed by atoms with Crippen LogP contribution >= 0.6 is 23.2 Å². The summed E-state index contributed by atoms with van der Waals surface area (Å²) in [5, 5.41) is 0.382. The fourth-order valence-electron chi connectivity index (χ4n) is 2.74. The maximum atomic E-state index is 12.5. The molecule has 0 aromatic heterocycles. The van der Waals surface area contributed by atoms with Crippen molar-refractivity contribution in [1.82, 2.24) is 9.80 Å². The van der Waals surface area contributed by atoms with Gasteiger partial charge in [-0.05, 0) is 24.6 Å². The van der Waals surface area contributed by atoms with E-state index in [2.05, 4.69) is 0 Å². The summed E-state index contributed by atoms with van der Waals surface area (Å²) in [5.74, 6) is -1.42. The van der Waals surface area contributed by atoms with Gasteiger partial charge in [-0.15, -0.1) is 0 Å². The number of imide groups is 1. The maximum absolute atomic E-state index is 12.5. The highest BCUT2D eigenvalue weighted by atomic mass is 35.5. The molecule has 1 aliphatic heterocycles. The third-order valence-corrected chi connectivity index (χ3v) is 4.99. The summed E-state index contributed by atoms with van der Waals surface area (Å²) in [6, 6.07) is 10.5. The molecule has 0 aliphatic carbocycles. The van der Waals surface area contributed by atoms with Crippen molar-refractivity contribution in [2.75, 3.05) is 13.6 Å². The van der Waals surface area contributed by atoms with E-state index < -0.39 is 11.8 Å². The summed E-state index contributed by atoms with van der Waals surface area (Å²) >= 11 is 11.8. The lowest BCUT2D eigenvalue weighted by molar-refractivity contribution is -0.130. The number of hydrogen-bond donors (Lipinski definition) is 0. The van der Waals surface area contributed by atoms with Crippen LogP contribution < -0.4 is 0 Å². The minimum atomic E-state index is -0.541. The lowest BCUT2D eigenvalue weighted by atomic mass is 10.1. The molecule has 134 valence electrons. The molecule has 0 unspecified atom stereocenters. The Bertz CT molecular complexity index is 869. The zero-order valence-electron chi connectivity index (χ0n) is 14.3. The van der Waals surface area contributed by atoms with Crippen LogP contribution in [0.2, 0.25) is 10.0 Å². The van der Waals surface area contributed by atoms with Gasteiger partial charge in [-0.2, -0.15) is 0 Å². The Morgan fingerprint density at radius 1 is 1.00 bits per heavy atom. The van der Waals surface area contributed by atoms with Gasteiger partial charge >= 0.3 is 0 Å². The Hall–Kier alpha value is -2.37. The van der Waals surface area contributed by atoms with Crippen LogP contribution in [0.15, 0.2) is 36.4 Å². The first kappa shape index (κ1) is 18.4. The molecule has 0 N–H and O–H groups in total. The molecule has 1 heterocycles. The topological polar surface area (TPSA) is 57.7 Å². The number of benzene rings is 2. The van der Waals surface area contributed by atoms with Crippen LogP contribution in [0.3, 0.4) is 0 Å². The van der Waals surface area contributed by atoms with E-state index in [4.69, 9.17) is 23.2 Å². The monoisotopic (exact) mass is 390 g/mol. The van der Waals surface area contributed by atoms with E-state index >= 15 is 0 Å². The first-order valence-corrected chi connectivity index (χ1v) is 8.68. The average molecular weight is 391 g/mol. The molecule has 0 radical (unpaired) electrons. The van der Waals surface area contributed by atoms with E-state index in [1.165, 1.54) is 17.0 Å². The molecule has 7 heteroatoms. The second-order valence-corrected chi connectivity index (χ2v) is 7.06. The predicted octanol–water partition coefficient (Wildman–Crippen LogP) is 3.56. The third-order valence-electron chi connectivity index (χ3n) is 4.27. The molecule has 2 aromatic rings. The molecule has 3 rings (SSSR count). The Labute approximate surface area is 161 Å². The summed E-state index contributed by atoms with van der Waals surface area (Å²) in [6.07, 6.45) is 0. The summed E-state index contributed by atoms with van der Waals surface area (Å²) < 4.78 is 0. The molecule has 0 bridgehead atoms. The standard InChI is InChI=1S/C19H16Cl2N2O3/c1-11-3-5-12(6-4-11)9-22(2)17(24)10-23-18(25)13-7-15(20)16(21)8-14(13)19(23)26/h3-8H,9-10H2,1-2H3. The Kier molecular flexibility index (Phi) is 5.03. The molecule has 0 fully saturated rings. The van der Waals surface area contributed by atoms with Crippen LogP contribution in [0.5, 0.6) is 0 Å². The molecule has 1 aliphatic rings. The molecule has 5 nitrogen and oxygen atoms in total. The number of aryl methyl sites for hydroxylation is 1. The van der Waals surface area contributed by atoms with E-state index in [9.17, 15) is 14.4 Å². The number of hydrogen-bond acceptors (Lipinski definition) is 3. The van der Waals surface area contributed by atoms with Gasteiger partial charge in [0.15, 0.2) is 0 Å². The Balaban J connectivity index is 1.72. The van der Waals surface area contributed by atoms with Gasteiger partial charge in [0.05, 0.1) is 21.2 Å². The van der Waals surface area contributed by atoms with Gasteiger partial charge in [0.2, 0.25) is 5.91 Å². The number of nitrogens with zero attached hydrogens (tertiary/aromatic N) is 2. The van der Waals surface area contributed by atoms with Gasteiger partial charge in [-0.3, -0.25) is 19.3 Å². The second-order valence-electron chi connectivity index (χ2n) is 6.24. The fraction of sp³-hybridized carbons (Fsp3) is 0.211. The summed E-state index contributed by atoms with van der Waals surface area (Å²) in [4.78, 5) is 39.8. The molecule has 0 saturated carbocycles. The summed E-state index contributed by atoms with van der Waals surface area (Å²) in [5.41, 5.74) is 2.43. The minimum absolute atomic E-state index is 0.165. The fourth-order valence-corrected chi connectivity index (χ4v) is 3.07. The third kappa shape index (κ3) is 3.45. The summed E-state index contributed by atoms with van der Waals surface area (Å²) in [7, 11) is 1.63. The van der Waals surface area contributed by atoms with Crippen LogP contribution in [0.1, 0.15) is 31.8 Å². The lowest BCUT2D eigenvalue weighted by Gasteiger charge is -2.20. The van der Waals surface area contributed by atoms with Crippen molar-refractivity contribution in [3.05, 3.63) is 68.7 Å². The van der Waals surface area contributed by atoms with E-state index in [0.29, 0.717) is 6.54 Å². The predicted molar refractivity (Wildman–Crippen MR) is 99.5 cm³/mol. The van der Waals surface area contributed by atoms with Crippen molar-refractivity contribution < 1.29 is 14.4 Å². The van der Waals surface area contributed by atoms with Crippen molar-refractivity contribution in [3.63, 3.8) is 0 Å². The zero-order valence-corrected chi connectivity index (χ0v) is 15.8. The number of rotatable bonds is 4. The molecular weight excluding hydrogens is 375 g/mol. The first-order chi connectivity index (χ1) is 12.3. The highest BCUT2D eigenvalue weighted by molar-refractivity contribution is 6.43. The molecule has 3 amide bonds. The molecular formula is C19H16Cl2N2O3. The number of likely N-dealkylation sites (N-methyl/N-ethyl adjacent to an activating group) is 1. The largest absolute Gasteiger partial charge is 0.340 e. The SMILES string of the molecule is Cc1ccc(CN(C)C(=O)CN2C(=O)c3cc(Cl)c(Cl)cc3C2=O)cc1. The quantitative estimate of drug-likeness (QED) is 0.749. The van der Waals surface area contributed by atoms with Crippen molar-refractivity contribution >= 4 is 40.9 Å².